The van der Waals surface area contributed by atoms with Crippen molar-refractivity contribution in [2.24, 2.45) is 0 Å². The summed E-state index contributed by atoms with van der Waals surface area (Å²) in [5.41, 5.74) is 6.74. The van der Waals surface area contributed by atoms with Crippen LogP contribution in [0.25, 0.3) is 0 Å². The van der Waals surface area contributed by atoms with Gasteiger partial charge < -0.3 is 30.7 Å². The maximum Gasteiger partial charge on any atom is 0.338 e. The number of rotatable bonds is 6. The zero-order chi connectivity index (χ0) is 16.3. The highest BCUT2D eigenvalue weighted by Gasteiger charge is 2.08. The number of likely N-dealkylation sites (N-methyl/N-ethyl adjacent to an activating group) is 1. The summed E-state index contributed by atoms with van der Waals surface area (Å²) >= 11 is 0. The van der Waals surface area contributed by atoms with Crippen molar-refractivity contribution in [1.29, 1.82) is 0 Å². The molecule has 8 heteroatoms. The number of hydrogen-bond acceptors (Lipinski definition) is 6. The van der Waals surface area contributed by atoms with Gasteiger partial charge in [-0.15, -0.1) is 0 Å². The minimum atomic E-state index is -1.75. The molecule has 0 unspecified atom stereocenters. The largest absolute Gasteiger partial charge is 0.456 e. The Morgan fingerprint density at radius 3 is 2.14 bits per heavy atom. The van der Waals surface area contributed by atoms with Crippen LogP contribution < -0.4 is 10.6 Å². The summed E-state index contributed by atoms with van der Waals surface area (Å²) in [4.78, 5) is 21.3. The molecule has 0 radical (unpaired) electrons. The van der Waals surface area contributed by atoms with E-state index in [-0.39, 0.29) is 5.97 Å². The molecule has 0 aliphatic heterocycles. The Hall–Kier alpha value is -2.35. The molecule has 0 heterocycles. The van der Waals surface area contributed by atoms with Gasteiger partial charge in [0.1, 0.15) is 13.2 Å². The molecule has 1 rings (SSSR count). The number of nitrogen functional groups attached to an aromatic ring is 1. The maximum absolute atomic E-state index is 11.6. The SMILES string of the molecule is CC[NH+](CC)CCOC(=O)c1ccc(N)cc1.O=[N+]([O-])[O-]. The first kappa shape index (κ1) is 18.7. The highest BCUT2D eigenvalue weighted by molar-refractivity contribution is 5.89. The van der Waals surface area contributed by atoms with Crippen molar-refractivity contribution in [3.8, 4) is 0 Å². The predicted octanol–water partition coefficient (Wildman–Crippen LogP) is 0.111. The van der Waals surface area contributed by atoms with E-state index in [0.29, 0.717) is 17.9 Å². The molecule has 118 valence electrons. The van der Waals surface area contributed by atoms with Gasteiger partial charge in [0.25, 0.3) is 0 Å². The molecule has 0 fully saturated rings. The lowest BCUT2D eigenvalue weighted by atomic mass is 10.2. The second-order valence-corrected chi connectivity index (χ2v) is 4.19. The van der Waals surface area contributed by atoms with Gasteiger partial charge >= 0.3 is 5.97 Å². The number of quaternary nitrogens is 1. The highest BCUT2D eigenvalue weighted by atomic mass is 16.9. The van der Waals surface area contributed by atoms with E-state index in [4.69, 9.17) is 25.8 Å². The number of nitrogens with two attached hydrogens (primary N) is 1. The minimum Gasteiger partial charge on any atom is -0.456 e. The van der Waals surface area contributed by atoms with Gasteiger partial charge in [0.05, 0.1) is 23.7 Å². The lowest BCUT2D eigenvalue weighted by Crippen LogP contribution is -3.11. The fourth-order valence-corrected chi connectivity index (χ4v) is 1.59. The normalized spacial score (nSPS) is 9.67. The molecule has 0 saturated heterocycles. The Morgan fingerprint density at radius 1 is 1.24 bits per heavy atom. The van der Waals surface area contributed by atoms with Crippen molar-refractivity contribution in [3.63, 3.8) is 0 Å². The van der Waals surface area contributed by atoms with Crippen LogP contribution in [-0.2, 0) is 4.74 Å². The molecular weight excluding hydrogens is 278 g/mol. The summed E-state index contributed by atoms with van der Waals surface area (Å²) in [5, 5.41) is 14.8. The second-order valence-electron chi connectivity index (χ2n) is 4.19. The van der Waals surface area contributed by atoms with E-state index >= 15 is 0 Å². The number of nitrogens with zero attached hydrogens (tertiary/aromatic N) is 1. The van der Waals surface area contributed by atoms with Gasteiger partial charge in [0, 0.05) is 5.69 Å². The number of anilines is 1. The van der Waals surface area contributed by atoms with Gasteiger partial charge in [0.15, 0.2) is 0 Å². The third kappa shape index (κ3) is 9.22. The number of carbonyl (C=O) groups excluding carboxylic acids is 1. The van der Waals surface area contributed by atoms with E-state index in [2.05, 4.69) is 13.8 Å². The van der Waals surface area contributed by atoms with Crippen LogP contribution in [0.15, 0.2) is 24.3 Å². The number of nitrogens with one attached hydrogen (secondary N) is 1. The average molecular weight is 299 g/mol. The molecule has 8 nitrogen and oxygen atoms in total. The number of ether oxygens (including phenoxy) is 1. The summed E-state index contributed by atoms with van der Waals surface area (Å²) in [5.74, 6) is -0.281. The van der Waals surface area contributed by atoms with Crippen molar-refractivity contribution >= 4 is 11.7 Å². The lowest BCUT2D eigenvalue weighted by molar-refractivity contribution is -0.896. The van der Waals surface area contributed by atoms with Crippen molar-refractivity contribution in [2.45, 2.75) is 13.8 Å². The smallest absolute Gasteiger partial charge is 0.338 e. The fourth-order valence-electron chi connectivity index (χ4n) is 1.59. The van der Waals surface area contributed by atoms with Crippen molar-refractivity contribution in [3.05, 3.63) is 45.2 Å². The molecular formula is C13H21N3O5. The van der Waals surface area contributed by atoms with Crippen LogP contribution in [0.3, 0.4) is 0 Å². The quantitative estimate of drug-likeness (QED) is 0.332. The van der Waals surface area contributed by atoms with Gasteiger partial charge in [-0.2, -0.15) is 0 Å². The molecule has 0 spiro atoms. The molecule has 0 aliphatic rings. The Labute approximate surface area is 123 Å². The van der Waals surface area contributed by atoms with Crippen molar-refractivity contribution < 1.29 is 19.5 Å². The van der Waals surface area contributed by atoms with Crippen LogP contribution in [0.2, 0.25) is 0 Å². The molecule has 21 heavy (non-hydrogen) atoms. The first-order valence-corrected chi connectivity index (χ1v) is 6.58. The van der Waals surface area contributed by atoms with Crippen LogP contribution >= 0.6 is 0 Å². The second kappa shape index (κ2) is 10.4. The molecule has 0 saturated carbocycles. The highest BCUT2D eigenvalue weighted by Crippen LogP contribution is 2.06. The number of esters is 1. The predicted molar refractivity (Wildman–Crippen MR) is 78.4 cm³/mol. The summed E-state index contributed by atoms with van der Waals surface area (Å²) in [7, 11) is 0. The standard InChI is InChI=1S/C13H20N2O2.NO3/c1-3-15(4-2)9-10-17-13(16)11-5-7-12(14)8-6-11;2-1(3)4/h5-8H,3-4,9-10,14H2,1-2H3;/q;-1/p+1. The fraction of sp³-hybridized carbons (Fsp3) is 0.462. The third-order valence-corrected chi connectivity index (χ3v) is 2.84. The van der Waals surface area contributed by atoms with Crippen LogP contribution in [-0.4, -0.2) is 37.3 Å². The zero-order valence-electron chi connectivity index (χ0n) is 12.2. The molecule has 0 aromatic heterocycles. The zero-order valence-corrected chi connectivity index (χ0v) is 12.2. The van der Waals surface area contributed by atoms with Gasteiger partial charge in [0.2, 0.25) is 0 Å². The van der Waals surface area contributed by atoms with Crippen molar-refractivity contribution in [1.82, 2.24) is 0 Å². The third-order valence-electron chi connectivity index (χ3n) is 2.84. The van der Waals surface area contributed by atoms with Crippen LogP contribution in [0, 0.1) is 15.3 Å². The van der Waals surface area contributed by atoms with E-state index in [1.807, 2.05) is 0 Å². The number of hydrogen-bond donors (Lipinski definition) is 2. The van der Waals surface area contributed by atoms with E-state index in [1.54, 1.807) is 24.3 Å². The summed E-state index contributed by atoms with van der Waals surface area (Å²) in [6.07, 6.45) is 0. The molecule has 1 aromatic rings. The van der Waals surface area contributed by atoms with Gasteiger partial charge in [-0.3, -0.25) is 0 Å². The Bertz CT molecular complexity index is 428. The van der Waals surface area contributed by atoms with Gasteiger partial charge in [-0.25, -0.2) is 4.79 Å². The minimum absolute atomic E-state index is 0.281. The van der Waals surface area contributed by atoms with Crippen LogP contribution in [0.4, 0.5) is 5.69 Å². The van der Waals surface area contributed by atoms with Gasteiger partial charge in [-0.1, -0.05) is 0 Å². The number of benzene rings is 1. The van der Waals surface area contributed by atoms with E-state index in [0.717, 1.165) is 19.6 Å². The maximum atomic E-state index is 11.6. The summed E-state index contributed by atoms with van der Waals surface area (Å²) < 4.78 is 5.20. The molecule has 1 aromatic carbocycles. The first-order valence-electron chi connectivity index (χ1n) is 6.58. The molecule has 3 N–H and O–H groups in total. The monoisotopic (exact) mass is 299 g/mol. The first-order chi connectivity index (χ1) is 9.90. The van der Waals surface area contributed by atoms with E-state index in [1.165, 1.54) is 4.90 Å². The molecule has 0 amide bonds. The number of carbonyl (C=O) groups is 1. The Balaban J connectivity index is 0.000000885. The van der Waals surface area contributed by atoms with Gasteiger partial charge in [-0.05, 0) is 38.1 Å². The summed E-state index contributed by atoms with van der Waals surface area (Å²) in [6, 6.07) is 6.77. The van der Waals surface area contributed by atoms with Crippen LogP contribution in [0.5, 0.6) is 0 Å². The topological polar surface area (TPSA) is 123 Å². The average Bonchev–Trinajstić information content (AvgIpc) is 2.43. The Morgan fingerprint density at radius 2 is 1.71 bits per heavy atom. The molecule has 0 aliphatic carbocycles. The summed E-state index contributed by atoms with van der Waals surface area (Å²) in [6.45, 7) is 7.67. The Kier molecular flexibility index (Phi) is 9.27. The van der Waals surface area contributed by atoms with E-state index < -0.39 is 5.09 Å². The van der Waals surface area contributed by atoms with Crippen molar-refractivity contribution in [2.75, 3.05) is 32.0 Å². The van der Waals surface area contributed by atoms with Crippen LogP contribution in [0.1, 0.15) is 24.2 Å². The molecule has 0 atom stereocenters. The molecule has 0 bridgehead atoms. The lowest BCUT2D eigenvalue weighted by Gasteiger charge is -2.14. The van der Waals surface area contributed by atoms with E-state index in [9.17, 15) is 4.79 Å².